The first-order valence-corrected chi connectivity index (χ1v) is 9.13. The molecule has 2 aliphatic heterocycles. The van der Waals surface area contributed by atoms with E-state index in [2.05, 4.69) is 41.0 Å². The number of aryl methyl sites for hydroxylation is 1. The Morgan fingerprint density at radius 1 is 1.08 bits per heavy atom. The fourth-order valence-electron chi connectivity index (χ4n) is 3.68. The van der Waals surface area contributed by atoms with Crippen LogP contribution in [0, 0.1) is 6.92 Å². The summed E-state index contributed by atoms with van der Waals surface area (Å²) in [5.41, 5.74) is 4.90. The molecular weight excluding hydrogens is 336 g/mol. The first kappa shape index (κ1) is 16.7. The van der Waals surface area contributed by atoms with Crippen LogP contribution in [-0.2, 0) is 17.9 Å². The normalized spacial score (nSPS) is 17.9. The monoisotopic (exact) mass is 358 g/mol. The average Bonchev–Trinajstić information content (AvgIpc) is 2.63. The highest BCUT2D eigenvalue weighted by Crippen LogP contribution is 2.32. The van der Waals surface area contributed by atoms with Crippen molar-refractivity contribution in [2.75, 3.05) is 37.9 Å². The van der Waals surface area contributed by atoms with Crippen LogP contribution in [0.4, 0.5) is 5.69 Å². The highest BCUT2D eigenvalue weighted by Gasteiger charge is 2.22. The number of piperazine rings is 1. The van der Waals surface area contributed by atoms with Gasteiger partial charge in [0.05, 0.1) is 6.61 Å². The Balaban J connectivity index is 1.44. The van der Waals surface area contributed by atoms with Crippen LogP contribution in [-0.4, -0.2) is 37.9 Å². The number of hydrogen-bond donors (Lipinski definition) is 0. The first-order valence-electron chi connectivity index (χ1n) is 8.75. The number of hydrogen-bond acceptors (Lipinski definition) is 4. The summed E-state index contributed by atoms with van der Waals surface area (Å²) in [6.07, 6.45) is 0. The molecule has 25 heavy (non-hydrogen) atoms. The van der Waals surface area contributed by atoms with Gasteiger partial charge in [-0.3, -0.25) is 4.90 Å². The fraction of sp³-hybridized carbons (Fsp3) is 0.400. The third kappa shape index (κ3) is 3.61. The molecule has 0 radical (unpaired) electrons. The second-order valence-corrected chi connectivity index (χ2v) is 7.15. The Morgan fingerprint density at radius 3 is 2.68 bits per heavy atom. The van der Waals surface area contributed by atoms with Gasteiger partial charge in [-0.05, 0) is 30.7 Å². The van der Waals surface area contributed by atoms with Crippen molar-refractivity contribution in [2.45, 2.75) is 20.1 Å². The molecule has 2 aromatic carbocycles. The molecule has 5 heteroatoms. The Labute approximate surface area is 153 Å². The lowest BCUT2D eigenvalue weighted by atomic mass is 10.1. The van der Waals surface area contributed by atoms with Gasteiger partial charge in [-0.25, -0.2) is 0 Å². The summed E-state index contributed by atoms with van der Waals surface area (Å²) in [6.45, 7) is 8.09. The largest absolute Gasteiger partial charge is 0.467 e. The van der Waals surface area contributed by atoms with Crippen LogP contribution in [0.25, 0.3) is 0 Å². The summed E-state index contributed by atoms with van der Waals surface area (Å²) in [7, 11) is 0. The van der Waals surface area contributed by atoms with Gasteiger partial charge in [0, 0.05) is 54.6 Å². The average molecular weight is 359 g/mol. The molecule has 0 aromatic heterocycles. The van der Waals surface area contributed by atoms with Gasteiger partial charge in [0.15, 0.2) is 6.79 Å². The predicted octanol–water partition coefficient (Wildman–Crippen LogP) is 3.84. The highest BCUT2D eigenvalue weighted by molar-refractivity contribution is 6.30. The van der Waals surface area contributed by atoms with Gasteiger partial charge in [-0.2, -0.15) is 0 Å². The van der Waals surface area contributed by atoms with Gasteiger partial charge < -0.3 is 14.4 Å². The Bertz CT molecular complexity index is 757. The molecule has 0 N–H and O–H groups in total. The lowest BCUT2D eigenvalue weighted by Crippen LogP contribution is -2.46. The van der Waals surface area contributed by atoms with E-state index in [1.165, 1.54) is 11.3 Å². The number of benzene rings is 2. The maximum absolute atomic E-state index is 6.28. The van der Waals surface area contributed by atoms with Gasteiger partial charge in [-0.1, -0.05) is 29.8 Å². The van der Waals surface area contributed by atoms with Crippen LogP contribution in [0.15, 0.2) is 36.4 Å². The number of halogens is 1. The van der Waals surface area contributed by atoms with E-state index in [0.29, 0.717) is 13.4 Å². The molecule has 1 saturated heterocycles. The second-order valence-electron chi connectivity index (χ2n) is 6.71. The van der Waals surface area contributed by atoms with Gasteiger partial charge in [-0.15, -0.1) is 0 Å². The zero-order chi connectivity index (χ0) is 17.2. The Morgan fingerprint density at radius 2 is 1.88 bits per heavy atom. The minimum atomic E-state index is 0.322. The molecule has 0 aliphatic carbocycles. The van der Waals surface area contributed by atoms with E-state index in [9.17, 15) is 0 Å². The molecule has 0 unspecified atom stereocenters. The molecule has 2 heterocycles. The fourth-order valence-corrected chi connectivity index (χ4v) is 3.94. The van der Waals surface area contributed by atoms with Crippen LogP contribution < -0.4 is 9.64 Å². The van der Waals surface area contributed by atoms with Crippen molar-refractivity contribution in [3.05, 3.63) is 58.1 Å². The minimum absolute atomic E-state index is 0.322. The first-order chi connectivity index (χ1) is 12.2. The molecule has 0 bridgehead atoms. The smallest absolute Gasteiger partial charge is 0.189 e. The molecule has 2 aromatic rings. The molecule has 2 aliphatic rings. The lowest BCUT2D eigenvalue weighted by molar-refractivity contribution is -0.0174. The summed E-state index contributed by atoms with van der Waals surface area (Å²) in [4.78, 5) is 4.95. The van der Waals surface area contributed by atoms with Crippen molar-refractivity contribution in [1.29, 1.82) is 0 Å². The number of nitrogens with zero attached hydrogens (tertiary/aromatic N) is 2. The highest BCUT2D eigenvalue weighted by atomic mass is 35.5. The van der Waals surface area contributed by atoms with Crippen molar-refractivity contribution in [3.63, 3.8) is 0 Å². The van der Waals surface area contributed by atoms with Crippen LogP contribution >= 0.6 is 11.6 Å². The third-order valence-corrected chi connectivity index (χ3v) is 5.19. The quantitative estimate of drug-likeness (QED) is 0.832. The van der Waals surface area contributed by atoms with Crippen molar-refractivity contribution in [2.24, 2.45) is 0 Å². The molecular formula is C20H23ClN2O2. The van der Waals surface area contributed by atoms with E-state index in [1.807, 2.05) is 12.1 Å². The molecule has 132 valence electrons. The molecule has 0 atom stereocenters. The number of ether oxygens (including phenoxy) is 2. The molecule has 0 saturated carbocycles. The lowest BCUT2D eigenvalue weighted by Gasteiger charge is -2.37. The second kappa shape index (κ2) is 7.24. The predicted molar refractivity (Wildman–Crippen MR) is 100 cm³/mol. The third-order valence-electron chi connectivity index (χ3n) is 4.97. The van der Waals surface area contributed by atoms with Crippen LogP contribution in [0.3, 0.4) is 0 Å². The van der Waals surface area contributed by atoms with E-state index in [4.69, 9.17) is 21.1 Å². The summed E-state index contributed by atoms with van der Waals surface area (Å²) >= 11 is 6.28. The maximum atomic E-state index is 6.28. The molecule has 4 nitrogen and oxygen atoms in total. The Hall–Kier alpha value is -1.75. The standard InChI is InChI=1S/C20H23ClN2O2/c1-15-4-2-3-5-19(15)23-8-6-22(7-9-23)12-16-10-18(21)11-17-13-24-14-25-20(16)17/h2-5,10-11H,6-9,12-14H2,1H3. The van der Waals surface area contributed by atoms with E-state index in [1.54, 1.807) is 0 Å². The number of anilines is 1. The zero-order valence-corrected chi connectivity index (χ0v) is 15.3. The van der Waals surface area contributed by atoms with E-state index >= 15 is 0 Å². The summed E-state index contributed by atoms with van der Waals surface area (Å²) in [5.74, 6) is 0.956. The van der Waals surface area contributed by atoms with Crippen LogP contribution in [0.1, 0.15) is 16.7 Å². The number of rotatable bonds is 3. The molecule has 0 amide bonds. The van der Waals surface area contributed by atoms with Crippen LogP contribution in [0.2, 0.25) is 5.02 Å². The minimum Gasteiger partial charge on any atom is -0.467 e. The van der Waals surface area contributed by atoms with E-state index in [0.717, 1.165) is 54.6 Å². The van der Waals surface area contributed by atoms with Crippen molar-refractivity contribution in [3.8, 4) is 5.75 Å². The topological polar surface area (TPSA) is 24.9 Å². The van der Waals surface area contributed by atoms with Crippen LogP contribution in [0.5, 0.6) is 5.75 Å². The summed E-state index contributed by atoms with van der Waals surface area (Å²) in [6, 6.07) is 12.6. The van der Waals surface area contributed by atoms with Crippen molar-refractivity contribution in [1.82, 2.24) is 4.90 Å². The maximum Gasteiger partial charge on any atom is 0.189 e. The van der Waals surface area contributed by atoms with Crippen molar-refractivity contribution < 1.29 is 9.47 Å². The summed E-state index contributed by atoms with van der Waals surface area (Å²) < 4.78 is 11.1. The Kier molecular flexibility index (Phi) is 4.84. The zero-order valence-electron chi connectivity index (χ0n) is 14.5. The van der Waals surface area contributed by atoms with Gasteiger partial charge >= 0.3 is 0 Å². The van der Waals surface area contributed by atoms with Gasteiger partial charge in [0.1, 0.15) is 5.75 Å². The van der Waals surface area contributed by atoms with Crippen molar-refractivity contribution >= 4 is 17.3 Å². The molecule has 4 rings (SSSR count). The number of fused-ring (bicyclic) bond motifs is 1. The molecule has 1 fully saturated rings. The van der Waals surface area contributed by atoms with Gasteiger partial charge in [0.2, 0.25) is 0 Å². The van der Waals surface area contributed by atoms with Gasteiger partial charge in [0.25, 0.3) is 0 Å². The van der Waals surface area contributed by atoms with E-state index < -0.39 is 0 Å². The number of para-hydroxylation sites is 1. The SMILES string of the molecule is Cc1ccccc1N1CCN(Cc2cc(Cl)cc3c2OCOC3)CC1. The molecule has 0 spiro atoms. The van der Waals surface area contributed by atoms with E-state index in [-0.39, 0.29) is 0 Å². The summed E-state index contributed by atoms with van der Waals surface area (Å²) in [5, 5.41) is 0.751.